The Hall–Kier alpha value is -0.0800. The Morgan fingerprint density at radius 3 is 2.43 bits per heavy atom. The largest absolute Gasteiger partial charge is 0.439 e. The second-order valence-electron chi connectivity index (χ2n) is 1.08. The molecule has 3 heteroatoms. The van der Waals surface area contributed by atoms with Gasteiger partial charge in [0, 0.05) is 0 Å². The van der Waals surface area contributed by atoms with Gasteiger partial charge >= 0.3 is 0 Å². The van der Waals surface area contributed by atoms with Gasteiger partial charge < -0.3 is 4.42 Å². The Bertz CT molecular complexity index is 144. The van der Waals surface area contributed by atoms with Crippen LogP contribution < -0.4 is 0 Å². The molecule has 0 spiro atoms. The molecule has 1 rings (SSSR count). The number of rotatable bonds is 0. The van der Waals surface area contributed by atoms with Crippen LogP contribution in [0.25, 0.3) is 0 Å². The second kappa shape index (κ2) is 1.80. The summed E-state index contributed by atoms with van der Waals surface area (Å²) in [5.41, 5.74) is 0. The molecule has 0 fully saturated rings. The van der Waals surface area contributed by atoms with E-state index in [1.165, 1.54) is 0 Å². The Kier molecular flexibility index (Phi) is 1.30. The van der Waals surface area contributed by atoms with Gasteiger partial charge in [-0.15, -0.1) is 12.6 Å². The van der Waals surface area contributed by atoms with E-state index in [9.17, 15) is 0 Å². The highest BCUT2D eigenvalue weighted by atomic mass is 35.5. The molecule has 0 aliphatic carbocycles. The van der Waals surface area contributed by atoms with Gasteiger partial charge in [0.15, 0.2) is 10.3 Å². The molecule has 1 aromatic rings. The fraction of sp³-hybridized carbons (Fsp3) is 0. The van der Waals surface area contributed by atoms with E-state index in [-0.39, 0.29) is 0 Å². The molecule has 0 unspecified atom stereocenters. The molecule has 0 aliphatic rings. The molecule has 1 aromatic heterocycles. The van der Waals surface area contributed by atoms with Gasteiger partial charge in [-0.2, -0.15) is 0 Å². The smallest absolute Gasteiger partial charge is 0.194 e. The van der Waals surface area contributed by atoms with Crippen LogP contribution in [-0.4, -0.2) is 0 Å². The van der Waals surface area contributed by atoms with Crippen LogP contribution in [0, 0.1) is 0 Å². The molecule has 0 aliphatic heterocycles. The first kappa shape index (κ1) is 5.06. The maximum Gasteiger partial charge on any atom is 0.194 e. The van der Waals surface area contributed by atoms with Crippen molar-refractivity contribution in [2.45, 2.75) is 5.09 Å². The fourth-order valence-corrected chi connectivity index (χ4v) is 0.678. The van der Waals surface area contributed by atoms with Crippen molar-refractivity contribution in [1.82, 2.24) is 0 Å². The highest BCUT2D eigenvalue weighted by molar-refractivity contribution is 7.80. The molecule has 0 aromatic carbocycles. The summed E-state index contributed by atoms with van der Waals surface area (Å²) < 4.78 is 4.71. The van der Waals surface area contributed by atoms with Crippen molar-refractivity contribution in [2.24, 2.45) is 0 Å². The minimum atomic E-state index is 0.380. The lowest BCUT2D eigenvalue weighted by Crippen LogP contribution is -1.40. The van der Waals surface area contributed by atoms with Gasteiger partial charge in [0.05, 0.1) is 0 Å². The maximum atomic E-state index is 5.34. The van der Waals surface area contributed by atoms with Gasteiger partial charge in [-0.1, -0.05) is 0 Å². The summed E-state index contributed by atoms with van der Waals surface area (Å²) in [5, 5.41) is 0.926. The topological polar surface area (TPSA) is 13.1 Å². The van der Waals surface area contributed by atoms with Crippen LogP contribution in [0.3, 0.4) is 0 Å². The van der Waals surface area contributed by atoms with E-state index in [2.05, 4.69) is 12.6 Å². The average molecular weight is 135 g/mol. The zero-order valence-corrected chi connectivity index (χ0v) is 5.04. The highest BCUT2D eigenvalue weighted by Crippen LogP contribution is 2.14. The molecular formula is C4H3ClOS. The van der Waals surface area contributed by atoms with Crippen LogP contribution in [0.4, 0.5) is 0 Å². The first-order valence-corrected chi connectivity index (χ1v) is 2.56. The Labute approximate surface area is 51.7 Å². The second-order valence-corrected chi connectivity index (χ2v) is 1.89. The molecule has 0 atom stereocenters. The third-order valence-electron chi connectivity index (χ3n) is 0.559. The average Bonchev–Trinajstić information content (AvgIpc) is 1.87. The molecule has 0 N–H and O–H groups in total. The third kappa shape index (κ3) is 1.14. The van der Waals surface area contributed by atoms with E-state index in [1.807, 2.05) is 0 Å². The van der Waals surface area contributed by atoms with Gasteiger partial charge in [-0.3, -0.25) is 0 Å². The standard InChI is InChI=1S/C4H3ClOS/c5-3-1-2-4(7)6-3/h1-2,7H. The van der Waals surface area contributed by atoms with Gasteiger partial charge in [0.25, 0.3) is 0 Å². The van der Waals surface area contributed by atoms with E-state index in [4.69, 9.17) is 16.0 Å². The normalized spacial score (nSPS) is 9.43. The zero-order chi connectivity index (χ0) is 5.28. The number of hydrogen-bond donors (Lipinski definition) is 1. The maximum absolute atomic E-state index is 5.34. The van der Waals surface area contributed by atoms with E-state index < -0.39 is 0 Å². The summed E-state index contributed by atoms with van der Waals surface area (Å²) >= 11 is 9.20. The first-order valence-electron chi connectivity index (χ1n) is 1.73. The molecule has 0 radical (unpaired) electrons. The van der Waals surface area contributed by atoms with Gasteiger partial charge in [0.2, 0.25) is 0 Å². The number of thiol groups is 1. The summed E-state index contributed by atoms with van der Waals surface area (Å²) in [7, 11) is 0. The molecule has 0 bridgehead atoms. The monoisotopic (exact) mass is 134 g/mol. The number of halogens is 1. The molecule has 0 amide bonds. The Morgan fingerprint density at radius 1 is 1.57 bits per heavy atom. The van der Waals surface area contributed by atoms with Crippen LogP contribution in [0.5, 0.6) is 0 Å². The Morgan fingerprint density at radius 2 is 2.29 bits per heavy atom. The highest BCUT2D eigenvalue weighted by Gasteiger charge is 1.89. The minimum Gasteiger partial charge on any atom is -0.439 e. The number of furan rings is 1. The van der Waals surface area contributed by atoms with Crippen LogP contribution >= 0.6 is 24.2 Å². The molecule has 1 nitrogen and oxygen atoms in total. The molecule has 38 valence electrons. The molecule has 7 heavy (non-hydrogen) atoms. The lowest BCUT2D eigenvalue weighted by atomic mass is 10.7. The minimum absolute atomic E-state index is 0.380. The summed E-state index contributed by atoms with van der Waals surface area (Å²) in [6.07, 6.45) is 0. The Balaban J connectivity index is 3.04. The van der Waals surface area contributed by atoms with Crippen LogP contribution in [0.1, 0.15) is 0 Å². The molecular weight excluding hydrogens is 132 g/mol. The van der Waals surface area contributed by atoms with E-state index in [1.54, 1.807) is 12.1 Å². The lowest BCUT2D eigenvalue weighted by molar-refractivity contribution is 0.478. The quantitative estimate of drug-likeness (QED) is 0.537. The van der Waals surface area contributed by atoms with Gasteiger partial charge in [-0.05, 0) is 23.7 Å². The first-order chi connectivity index (χ1) is 3.29. The van der Waals surface area contributed by atoms with Crippen molar-refractivity contribution in [3.05, 3.63) is 17.4 Å². The van der Waals surface area contributed by atoms with Crippen LogP contribution in [0.2, 0.25) is 5.22 Å². The van der Waals surface area contributed by atoms with Crippen molar-refractivity contribution in [2.75, 3.05) is 0 Å². The summed E-state index contributed by atoms with van der Waals surface area (Å²) in [6, 6.07) is 3.33. The molecule has 0 saturated heterocycles. The van der Waals surface area contributed by atoms with Crippen molar-refractivity contribution in [3.8, 4) is 0 Å². The van der Waals surface area contributed by atoms with E-state index in [0.717, 1.165) is 0 Å². The summed E-state index contributed by atoms with van der Waals surface area (Å²) in [5.74, 6) is 0. The summed E-state index contributed by atoms with van der Waals surface area (Å²) in [4.78, 5) is 0. The third-order valence-corrected chi connectivity index (χ3v) is 1.00. The van der Waals surface area contributed by atoms with Gasteiger partial charge in [-0.25, -0.2) is 0 Å². The predicted octanol–water partition coefficient (Wildman–Crippen LogP) is 2.22. The van der Waals surface area contributed by atoms with E-state index >= 15 is 0 Å². The summed E-state index contributed by atoms with van der Waals surface area (Å²) in [6.45, 7) is 0. The zero-order valence-electron chi connectivity index (χ0n) is 3.39. The van der Waals surface area contributed by atoms with Crippen LogP contribution in [-0.2, 0) is 0 Å². The van der Waals surface area contributed by atoms with E-state index in [0.29, 0.717) is 10.3 Å². The van der Waals surface area contributed by atoms with Crippen molar-refractivity contribution in [1.29, 1.82) is 0 Å². The molecule has 0 saturated carbocycles. The molecule has 1 heterocycles. The van der Waals surface area contributed by atoms with Crippen molar-refractivity contribution >= 4 is 24.2 Å². The van der Waals surface area contributed by atoms with Crippen molar-refractivity contribution < 1.29 is 4.42 Å². The predicted molar refractivity (Wildman–Crippen MR) is 31.0 cm³/mol. The fourth-order valence-electron chi connectivity index (χ4n) is 0.305. The van der Waals surface area contributed by atoms with Gasteiger partial charge in [0.1, 0.15) is 0 Å². The van der Waals surface area contributed by atoms with Crippen LogP contribution in [0.15, 0.2) is 21.6 Å². The lowest BCUT2D eigenvalue weighted by Gasteiger charge is -1.73. The number of hydrogen-bond acceptors (Lipinski definition) is 2. The SMILES string of the molecule is Sc1ccc(Cl)o1. The van der Waals surface area contributed by atoms with Crippen molar-refractivity contribution in [3.63, 3.8) is 0 Å².